The summed E-state index contributed by atoms with van der Waals surface area (Å²) in [4.78, 5) is 24.2. The van der Waals surface area contributed by atoms with Gasteiger partial charge in [-0.2, -0.15) is 0 Å². The monoisotopic (exact) mass is 356 g/mol. The van der Waals surface area contributed by atoms with Crippen LogP contribution in [0.4, 0.5) is 0 Å². The standard InChI is InChI=1S/C19H20N2O5/c1-4-14-18(12(3)26-21-14)19(23)24-10-17(22)20-11(2)16-9-13-7-5-6-8-15(13)25-16/h5-9,11H,4,10H2,1-3H3,(H,20,22). The van der Waals surface area contributed by atoms with Crippen molar-refractivity contribution in [3.05, 3.63) is 53.1 Å². The average molecular weight is 356 g/mol. The lowest BCUT2D eigenvalue weighted by molar-refractivity contribution is -0.125. The van der Waals surface area contributed by atoms with Crippen molar-refractivity contribution in [2.45, 2.75) is 33.2 Å². The number of nitrogens with one attached hydrogen (secondary N) is 1. The highest BCUT2D eigenvalue weighted by Gasteiger charge is 2.22. The number of ether oxygens (including phenoxy) is 1. The molecule has 1 atom stereocenters. The van der Waals surface area contributed by atoms with Gasteiger partial charge >= 0.3 is 5.97 Å². The second kappa shape index (κ2) is 7.43. The Labute approximate surface area is 150 Å². The maximum Gasteiger partial charge on any atom is 0.344 e. The smallest absolute Gasteiger partial charge is 0.344 e. The summed E-state index contributed by atoms with van der Waals surface area (Å²) in [5, 5.41) is 7.52. The van der Waals surface area contributed by atoms with Crippen molar-refractivity contribution in [1.29, 1.82) is 0 Å². The molecule has 2 aromatic heterocycles. The first kappa shape index (κ1) is 17.7. The molecule has 0 spiro atoms. The highest BCUT2D eigenvalue weighted by molar-refractivity contribution is 5.93. The minimum absolute atomic E-state index is 0.283. The van der Waals surface area contributed by atoms with Gasteiger partial charge in [-0.05, 0) is 32.4 Å². The summed E-state index contributed by atoms with van der Waals surface area (Å²) in [6.07, 6.45) is 0.539. The zero-order valence-corrected chi connectivity index (χ0v) is 14.9. The Balaban J connectivity index is 1.58. The second-order valence-corrected chi connectivity index (χ2v) is 5.97. The predicted molar refractivity (Wildman–Crippen MR) is 93.7 cm³/mol. The van der Waals surface area contributed by atoms with E-state index in [1.54, 1.807) is 13.8 Å². The maximum atomic E-state index is 12.2. The van der Waals surface area contributed by atoms with Crippen LogP contribution in [0.25, 0.3) is 11.0 Å². The molecule has 0 aliphatic heterocycles. The lowest BCUT2D eigenvalue weighted by atomic mass is 10.1. The first-order valence-electron chi connectivity index (χ1n) is 8.39. The Morgan fingerprint density at radius 1 is 1.31 bits per heavy atom. The number of aryl methyl sites for hydroxylation is 2. The Hall–Kier alpha value is -3.09. The number of amides is 1. The molecule has 2 heterocycles. The van der Waals surface area contributed by atoms with Gasteiger partial charge in [-0.1, -0.05) is 30.3 Å². The number of hydrogen-bond donors (Lipinski definition) is 1. The molecule has 0 fully saturated rings. The van der Waals surface area contributed by atoms with E-state index in [1.165, 1.54) is 0 Å². The zero-order valence-electron chi connectivity index (χ0n) is 14.9. The third-order valence-corrected chi connectivity index (χ3v) is 4.06. The van der Waals surface area contributed by atoms with Crippen LogP contribution in [-0.2, 0) is 16.0 Å². The number of nitrogens with zero attached hydrogens (tertiary/aromatic N) is 1. The summed E-state index contributed by atoms with van der Waals surface area (Å²) in [5.41, 5.74) is 1.55. The van der Waals surface area contributed by atoms with Crippen molar-refractivity contribution < 1.29 is 23.3 Å². The van der Waals surface area contributed by atoms with Crippen LogP contribution in [0.3, 0.4) is 0 Å². The lowest BCUT2D eigenvalue weighted by Gasteiger charge is -2.11. The number of furan rings is 1. The molecule has 3 rings (SSSR count). The highest BCUT2D eigenvalue weighted by atomic mass is 16.5. The van der Waals surface area contributed by atoms with Gasteiger partial charge in [-0.25, -0.2) is 4.79 Å². The van der Waals surface area contributed by atoms with E-state index in [2.05, 4.69) is 10.5 Å². The molecule has 0 saturated heterocycles. The van der Waals surface area contributed by atoms with Gasteiger partial charge < -0.3 is 19.0 Å². The zero-order chi connectivity index (χ0) is 18.7. The number of aromatic nitrogens is 1. The van der Waals surface area contributed by atoms with Crippen LogP contribution in [0.15, 0.2) is 39.3 Å². The Morgan fingerprint density at radius 2 is 2.08 bits per heavy atom. The van der Waals surface area contributed by atoms with Gasteiger partial charge in [0.05, 0.1) is 11.7 Å². The minimum atomic E-state index is -0.618. The number of rotatable bonds is 6. The molecule has 136 valence electrons. The third kappa shape index (κ3) is 3.61. The van der Waals surface area contributed by atoms with Crippen molar-refractivity contribution >= 4 is 22.8 Å². The summed E-state index contributed by atoms with van der Waals surface area (Å²) >= 11 is 0. The average Bonchev–Trinajstić information content (AvgIpc) is 3.22. The SMILES string of the molecule is CCc1noc(C)c1C(=O)OCC(=O)NC(C)c1cc2ccccc2o1. The van der Waals surface area contributed by atoms with Gasteiger partial charge in [0.2, 0.25) is 0 Å². The van der Waals surface area contributed by atoms with Crippen molar-refractivity contribution in [2.75, 3.05) is 6.61 Å². The molecule has 7 nitrogen and oxygen atoms in total. The quantitative estimate of drug-likeness (QED) is 0.681. The topological polar surface area (TPSA) is 94.6 Å². The van der Waals surface area contributed by atoms with E-state index in [0.717, 1.165) is 11.0 Å². The van der Waals surface area contributed by atoms with Gasteiger partial charge in [-0.3, -0.25) is 4.79 Å². The summed E-state index contributed by atoms with van der Waals surface area (Å²) in [6.45, 7) is 4.90. The number of carbonyl (C=O) groups excluding carboxylic acids is 2. The fourth-order valence-electron chi connectivity index (χ4n) is 2.69. The van der Waals surface area contributed by atoms with Crippen LogP contribution in [-0.4, -0.2) is 23.6 Å². The number of esters is 1. The van der Waals surface area contributed by atoms with Crippen LogP contribution in [0, 0.1) is 6.92 Å². The van der Waals surface area contributed by atoms with Gasteiger partial charge in [0, 0.05) is 5.39 Å². The van der Waals surface area contributed by atoms with E-state index < -0.39 is 18.5 Å². The number of fused-ring (bicyclic) bond motifs is 1. The molecule has 0 radical (unpaired) electrons. The Kier molecular flexibility index (Phi) is 5.06. The molecular formula is C19H20N2O5. The summed E-state index contributed by atoms with van der Waals surface area (Å²) in [5.74, 6) is -0.0254. The summed E-state index contributed by atoms with van der Waals surface area (Å²) in [7, 11) is 0. The highest BCUT2D eigenvalue weighted by Crippen LogP contribution is 2.23. The van der Waals surface area contributed by atoms with Crippen molar-refractivity contribution in [1.82, 2.24) is 10.5 Å². The van der Waals surface area contributed by atoms with E-state index in [4.69, 9.17) is 13.7 Å². The van der Waals surface area contributed by atoms with Crippen molar-refractivity contribution in [3.63, 3.8) is 0 Å². The molecule has 0 aliphatic carbocycles. The fraction of sp³-hybridized carbons (Fsp3) is 0.316. The van der Waals surface area contributed by atoms with E-state index in [0.29, 0.717) is 23.6 Å². The number of carbonyl (C=O) groups is 2. The molecule has 1 N–H and O–H groups in total. The molecule has 7 heteroatoms. The molecule has 3 aromatic rings. The normalized spacial score (nSPS) is 12.1. The fourth-order valence-corrected chi connectivity index (χ4v) is 2.69. The second-order valence-electron chi connectivity index (χ2n) is 5.97. The molecule has 0 aliphatic rings. The molecular weight excluding hydrogens is 336 g/mol. The van der Waals surface area contributed by atoms with Crippen LogP contribution >= 0.6 is 0 Å². The minimum Gasteiger partial charge on any atom is -0.459 e. The largest absolute Gasteiger partial charge is 0.459 e. The molecule has 1 unspecified atom stereocenters. The number of benzene rings is 1. The van der Waals surface area contributed by atoms with Gasteiger partial charge in [0.1, 0.15) is 22.7 Å². The number of hydrogen-bond acceptors (Lipinski definition) is 6. The van der Waals surface area contributed by atoms with Gasteiger partial charge in [-0.15, -0.1) is 0 Å². The summed E-state index contributed by atoms with van der Waals surface area (Å²) < 4.78 is 15.8. The predicted octanol–water partition coefficient (Wildman–Crippen LogP) is 3.33. The molecule has 26 heavy (non-hydrogen) atoms. The third-order valence-electron chi connectivity index (χ3n) is 4.06. The first-order chi connectivity index (χ1) is 12.5. The Morgan fingerprint density at radius 3 is 2.81 bits per heavy atom. The molecule has 1 amide bonds. The van der Waals surface area contributed by atoms with Crippen LogP contribution in [0.5, 0.6) is 0 Å². The van der Waals surface area contributed by atoms with Crippen molar-refractivity contribution in [2.24, 2.45) is 0 Å². The van der Waals surface area contributed by atoms with Gasteiger partial charge in [0.25, 0.3) is 5.91 Å². The van der Waals surface area contributed by atoms with E-state index >= 15 is 0 Å². The Bertz CT molecular complexity index is 907. The molecule has 0 saturated carbocycles. The van der Waals surface area contributed by atoms with Crippen molar-refractivity contribution in [3.8, 4) is 0 Å². The van der Waals surface area contributed by atoms with Crippen LogP contribution < -0.4 is 5.32 Å². The summed E-state index contributed by atoms with van der Waals surface area (Å²) in [6, 6.07) is 9.13. The van der Waals surface area contributed by atoms with E-state index in [-0.39, 0.29) is 11.6 Å². The number of para-hydroxylation sites is 1. The molecule has 1 aromatic carbocycles. The van der Waals surface area contributed by atoms with Crippen LogP contribution in [0.1, 0.15) is 47.5 Å². The van der Waals surface area contributed by atoms with E-state index in [1.807, 2.05) is 37.3 Å². The lowest BCUT2D eigenvalue weighted by Crippen LogP contribution is -2.31. The first-order valence-corrected chi connectivity index (χ1v) is 8.39. The maximum absolute atomic E-state index is 12.2. The van der Waals surface area contributed by atoms with Crippen LogP contribution in [0.2, 0.25) is 0 Å². The van der Waals surface area contributed by atoms with E-state index in [9.17, 15) is 9.59 Å². The van der Waals surface area contributed by atoms with Gasteiger partial charge in [0.15, 0.2) is 6.61 Å². The molecule has 0 bridgehead atoms.